The molecule has 0 radical (unpaired) electrons. The van der Waals surface area contributed by atoms with E-state index in [0.717, 1.165) is 22.0 Å². The predicted molar refractivity (Wildman–Crippen MR) is 180 cm³/mol. The number of phenols is 1. The third-order valence-electron chi connectivity index (χ3n) is 8.22. The van der Waals surface area contributed by atoms with Crippen molar-refractivity contribution in [2.24, 2.45) is 11.8 Å². The Morgan fingerprint density at radius 3 is 2.28 bits per heavy atom. The minimum atomic E-state index is -1.07. The van der Waals surface area contributed by atoms with Gasteiger partial charge in [-0.2, -0.15) is 0 Å². The molecule has 3 amide bonds. The molecular formula is C35H43BrN4O6. The summed E-state index contributed by atoms with van der Waals surface area (Å²) >= 11 is 3.57. The Hall–Kier alpha value is -4.12. The number of para-hydroxylation sites is 1. The Morgan fingerprint density at radius 1 is 0.870 bits per heavy atom. The number of nitrogens with one attached hydrogen (secondary N) is 4. The van der Waals surface area contributed by atoms with Crippen molar-refractivity contribution in [3.8, 4) is 5.75 Å². The number of hydrogen-bond donors (Lipinski definition) is 5. The Bertz CT molecular complexity index is 1600. The van der Waals surface area contributed by atoms with E-state index in [2.05, 4.69) is 42.9 Å². The standard InChI is InChI=1S/C35H43BrN4O6/c1-19-14-20(2)16-22(4)46-31(42)18-29(24-10-12-25(41)13-11-24)39-35(45)30(40-34(44)23(5)37-33(43)21(3)15-19)17-27-26-8-6-7-9-28(26)38-32(27)36/h6-14,20-23,29-30,38,41H,15-18H2,1-5H3,(H,37,43)(H,39,45)(H,40,44)/b19-14+/t20-,21-,22-,23-,29+,30+/m0/s1. The van der Waals surface area contributed by atoms with Crippen LogP contribution in [0.1, 0.15) is 71.0 Å². The van der Waals surface area contributed by atoms with Gasteiger partial charge in [-0.25, -0.2) is 0 Å². The van der Waals surface area contributed by atoms with Crippen molar-refractivity contribution in [1.82, 2.24) is 20.9 Å². The highest BCUT2D eigenvalue weighted by molar-refractivity contribution is 9.10. The van der Waals surface area contributed by atoms with E-state index in [1.54, 1.807) is 19.1 Å². The molecule has 5 N–H and O–H groups in total. The lowest BCUT2D eigenvalue weighted by Gasteiger charge is -2.25. The maximum absolute atomic E-state index is 14.0. The summed E-state index contributed by atoms with van der Waals surface area (Å²) in [4.78, 5) is 57.0. The first-order chi connectivity index (χ1) is 21.8. The molecule has 2 heterocycles. The Balaban J connectivity index is 1.70. The van der Waals surface area contributed by atoms with E-state index in [0.29, 0.717) is 23.0 Å². The molecule has 10 nitrogen and oxygen atoms in total. The molecule has 2 aromatic carbocycles. The molecule has 1 aliphatic rings. The number of carbonyl (C=O) groups excluding carboxylic acids is 4. The largest absolute Gasteiger partial charge is 0.508 e. The number of hydrogen-bond acceptors (Lipinski definition) is 6. The van der Waals surface area contributed by atoms with Gasteiger partial charge in [0.15, 0.2) is 0 Å². The Labute approximate surface area is 277 Å². The summed E-state index contributed by atoms with van der Waals surface area (Å²) in [5, 5.41) is 19.4. The summed E-state index contributed by atoms with van der Waals surface area (Å²) in [6.07, 6.45) is 2.73. The molecular weight excluding hydrogens is 652 g/mol. The second-order valence-corrected chi connectivity index (χ2v) is 13.2. The number of phenolic OH excluding ortho intramolecular Hbond substituents is 1. The molecule has 1 aliphatic heterocycles. The first-order valence-corrected chi connectivity index (χ1v) is 16.4. The molecule has 6 atom stereocenters. The van der Waals surface area contributed by atoms with Gasteiger partial charge in [0.25, 0.3) is 0 Å². The molecule has 0 bridgehead atoms. The van der Waals surface area contributed by atoms with Crippen LogP contribution in [0.15, 0.2) is 64.8 Å². The molecule has 4 rings (SSSR count). The first kappa shape index (κ1) is 34.7. The number of aromatic amines is 1. The van der Waals surface area contributed by atoms with E-state index in [1.807, 2.05) is 52.0 Å². The molecule has 0 spiro atoms. The molecule has 1 aromatic heterocycles. The fourth-order valence-corrected chi connectivity index (χ4v) is 6.53. The van der Waals surface area contributed by atoms with Crippen LogP contribution >= 0.6 is 15.9 Å². The number of carbonyl (C=O) groups is 4. The average molecular weight is 696 g/mol. The van der Waals surface area contributed by atoms with Crippen molar-refractivity contribution in [2.75, 3.05) is 0 Å². The van der Waals surface area contributed by atoms with Gasteiger partial charge in [0.2, 0.25) is 17.7 Å². The fraction of sp³-hybridized carbons (Fsp3) is 0.429. The van der Waals surface area contributed by atoms with E-state index < -0.39 is 42.0 Å². The zero-order valence-corrected chi connectivity index (χ0v) is 28.4. The van der Waals surface area contributed by atoms with Crippen LogP contribution < -0.4 is 16.0 Å². The third-order valence-corrected chi connectivity index (χ3v) is 8.90. The number of aromatic hydroxyl groups is 1. The lowest BCUT2D eigenvalue weighted by atomic mass is 9.95. The molecule has 0 saturated heterocycles. The first-order valence-electron chi connectivity index (χ1n) is 15.6. The molecule has 11 heteroatoms. The molecule has 246 valence electrons. The van der Waals surface area contributed by atoms with Gasteiger partial charge >= 0.3 is 5.97 Å². The van der Waals surface area contributed by atoms with Gasteiger partial charge in [0, 0.05) is 23.2 Å². The molecule has 0 fully saturated rings. The average Bonchev–Trinajstić information content (AvgIpc) is 3.30. The number of rotatable bonds is 3. The number of halogens is 1. The lowest BCUT2D eigenvalue weighted by molar-refractivity contribution is -0.149. The smallest absolute Gasteiger partial charge is 0.308 e. The maximum Gasteiger partial charge on any atom is 0.308 e. The fourth-order valence-electron chi connectivity index (χ4n) is 5.94. The zero-order chi connectivity index (χ0) is 33.5. The van der Waals surface area contributed by atoms with Crippen LogP contribution in [0.5, 0.6) is 5.75 Å². The van der Waals surface area contributed by atoms with Gasteiger partial charge in [-0.15, -0.1) is 0 Å². The number of ether oxygens (including phenoxy) is 1. The van der Waals surface area contributed by atoms with Crippen LogP contribution in [-0.2, 0) is 30.3 Å². The van der Waals surface area contributed by atoms with Crippen molar-refractivity contribution >= 4 is 50.5 Å². The summed E-state index contributed by atoms with van der Waals surface area (Å²) in [5.74, 6) is -2.07. The topological polar surface area (TPSA) is 150 Å². The quantitative estimate of drug-likeness (QED) is 0.184. The normalized spacial score (nSPS) is 27.2. The van der Waals surface area contributed by atoms with Crippen molar-refractivity contribution in [1.29, 1.82) is 0 Å². The van der Waals surface area contributed by atoms with E-state index >= 15 is 0 Å². The summed E-state index contributed by atoms with van der Waals surface area (Å²) in [6.45, 7) is 9.21. The van der Waals surface area contributed by atoms with Crippen molar-refractivity contribution in [2.45, 2.75) is 84.5 Å². The van der Waals surface area contributed by atoms with E-state index in [-0.39, 0.29) is 36.3 Å². The summed E-state index contributed by atoms with van der Waals surface area (Å²) < 4.78 is 6.44. The van der Waals surface area contributed by atoms with Gasteiger partial charge in [-0.1, -0.05) is 55.8 Å². The van der Waals surface area contributed by atoms with Gasteiger partial charge in [-0.3, -0.25) is 19.2 Å². The summed E-state index contributed by atoms with van der Waals surface area (Å²) in [7, 11) is 0. The SMILES string of the molecule is C/C1=C\[C@H](C)C[C@H](C)OC(=O)C[C@H](c2ccc(O)cc2)NC(=O)[C@@H](Cc2c(Br)[nH]c3ccccc23)NC(=O)[C@H](C)NC(=O)[C@@H](C)C1. The molecule has 0 unspecified atom stereocenters. The second-order valence-electron chi connectivity index (χ2n) is 12.4. The maximum atomic E-state index is 14.0. The minimum Gasteiger partial charge on any atom is -0.508 e. The Morgan fingerprint density at radius 2 is 1.57 bits per heavy atom. The zero-order valence-electron chi connectivity index (χ0n) is 26.9. The predicted octanol–water partition coefficient (Wildman–Crippen LogP) is 5.36. The van der Waals surface area contributed by atoms with E-state index in [9.17, 15) is 24.3 Å². The molecule has 0 aliphatic carbocycles. The van der Waals surface area contributed by atoms with Crippen LogP contribution in [-0.4, -0.2) is 52.0 Å². The lowest BCUT2D eigenvalue weighted by Crippen LogP contribution is -2.54. The van der Waals surface area contributed by atoms with Crippen LogP contribution in [0.3, 0.4) is 0 Å². The highest BCUT2D eigenvalue weighted by atomic mass is 79.9. The number of esters is 1. The number of cyclic esters (lactones) is 1. The van der Waals surface area contributed by atoms with Gasteiger partial charge < -0.3 is 30.8 Å². The van der Waals surface area contributed by atoms with Crippen LogP contribution in [0, 0.1) is 11.8 Å². The number of H-pyrrole nitrogens is 1. The number of allylic oxidation sites excluding steroid dienone is 2. The highest BCUT2D eigenvalue weighted by Gasteiger charge is 2.30. The van der Waals surface area contributed by atoms with Crippen molar-refractivity contribution in [3.05, 3.63) is 75.9 Å². The minimum absolute atomic E-state index is 0.0411. The van der Waals surface area contributed by atoms with Crippen LogP contribution in [0.25, 0.3) is 10.9 Å². The third kappa shape index (κ3) is 9.22. The second kappa shape index (κ2) is 15.4. The summed E-state index contributed by atoms with van der Waals surface area (Å²) in [5.41, 5.74) is 3.25. The monoisotopic (exact) mass is 694 g/mol. The number of fused-ring (bicyclic) bond motifs is 1. The number of amides is 3. The molecule has 46 heavy (non-hydrogen) atoms. The number of aromatic nitrogens is 1. The van der Waals surface area contributed by atoms with Crippen LogP contribution in [0.2, 0.25) is 0 Å². The van der Waals surface area contributed by atoms with E-state index in [1.165, 1.54) is 12.1 Å². The molecule has 3 aromatic rings. The van der Waals surface area contributed by atoms with Crippen LogP contribution in [0.4, 0.5) is 0 Å². The van der Waals surface area contributed by atoms with Crippen molar-refractivity contribution in [3.63, 3.8) is 0 Å². The highest BCUT2D eigenvalue weighted by Crippen LogP contribution is 2.28. The van der Waals surface area contributed by atoms with Gasteiger partial charge in [0.05, 0.1) is 23.2 Å². The Kier molecular flexibility index (Phi) is 11.7. The van der Waals surface area contributed by atoms with Gasteiger partial charge in [-0.05, 0) is 84.8 Å². The van der Waals surface area contributed by atoms with Crippen molar-refractivity contribution < 1.29 is 29.0 Å². The number of benzene rings is 2. The summed E-state index contributed by atoms with van der Waals surface area (Å²) in [6, 6.07) is 11.1. The van der Waals surface area contributed by atoms with E-state index in [4.69, 9.17) is 4.74 Å². The van der Waals surface area contributed by atoms with Gasteiger partial charge in [0.1, 0.15) is 17.8 Å². The molecule has 0 saturated carbocycles.